The van der Waals surface area contributed by atoms with E-state index in [2.05, 4.69) is 0 Å². The van der Waals surface area contributed by atoms with Gasteiger partial charge in [-0.2, -0.15) is 8.42 Å². The fourth-order valence-corrected chi connectivity index (χ4v) is 2.73. The van der Waals surface area contributed by atoms with Gasteiger partial charge in [0.25, 0.3) is 10.1 Å². The number of hydrogen-bond acceptors (Lipinski definition) is 3. The molecule has 0 aliphatic carbocycles. The molecule has 0 saturated carbocycles. The summed E-state index contributed by atoms with van der Waals surface area (Å²) in [7, 11) is -4.02. The van der Waals surface area contributed by atoms with E-state index in [1.165, 1.54) is 6.92 Å². The van der Waals surface area contributed by atoms with Crippen molar-refractivity contribution in [2.75, 3.05) is 6.54 Å². The quantitative estimate of drug-likeness (QED) is 0.797. The van der Waals surface area contributed by atoms with Crippen LogP contribution in [0.3, 0.4) is 0 Å². The molecular formula is C17H21NO3S. The molecule has 1 N–H and O–H groups in total. The molecule has 22 heavy (non-hydrogen) atoms. The lowest BCUT2D eigenvalue weighted by molar-refractivity contribution is 0.254. The van der Waals surface area contributed by atoms with E-state index in [9.17, 15) is 13.0 Å². The SMILES string of the molecule is CC(CN(Cc1ccccc1)Cc1ccccc1)S(=O)(=O)O. The van der Waals surface area contributed by atoms with Crippen LogP contribution in [-0.2, 0) is 23.2 Å². The molecule has 0 fully saturated rings. The van der Waals surface area contributed by atoms with Crippen molar-refractivity contribution in [1.29, 1.82) is 0 Å². The molecular weight excluding hydrogens is 298 g/mol. The molecule has 1 unspecified atom stereocenters. The van der Waals surface area contributed by atoms with Crippen LogP contribution in [0.1, 0.15) is 18.1 Å². The van der Waals surface area contributed by atoms with Crippen LogP contribution >= 0.6 is 0 Å². The van der Waals surface area contributed by atoms with Gasteiger partial charge < -0.3 is 0 Å². The largest absolute Gasteiger partial charge is 0.293 e. The van der Waals surface area contributed by atoms with E-state index in [4.69, 9.17) is 0 Å². The maximum atomic E-state index is 11.3. The van der Waals surface area contributed by atoms with Crippen LogP contribution in [-0.4, -0.2) is 29.7 Å². The predicted molar refractivity (Wildman–Crippen MR) is 88.0 cm³/mol. The second-order valence-electron chi connectivity index (χ2n) is 5.47. The highest BCUT2D eigenvalue weighted by Gasteiger charge is 2.21. The van der Waals surface area contributed by atoms with Crippen molar-refractivity contribution < 1.29 is 13.0 Å². The first-order valence-electron chi connectivity index (χ1n) is 7.21. The van der Waals surface area contributed by atoms with Gasteiger partial charge in [-0.05, 0) is 18.1 Å². The molecule has 4 nitrogen and oxygen atoms in total. The van der Waals surface area contributed by atoms with Gasteiger partial charge in [0.15, 0.2) is 0 Å². The third-order valence-electron chi connectivity index (χ3n) is 3.52. The van der Waals surface area contributed by atoms with Crippen LogP contribution in [0.15, 0.2) is 60.7 Å². The normalized spacial score (nSPS) is 13.2. The fraction of sp³-hybridized carbons (Fsp3) is 0.294. The van der Waals surface area contributed by atoms with Gasteiger partial charge in [-0.25, -0.2) is 0 Å². The summed E-state index contributed by atoms with van der Waals surface area (Å²) < 4.78 is 31.8. The number of rotatable bonds is 7. The third kappa shape index (κ3) is 5.26. The predicted octanol–water partition coefficient (Wildman–Crippen LogP) is 2.97. The third-order valence-corrected chi connectivity index (χ3v) is 4.69. The van der Waals surface area contributed by atoms with Crippen molar-refractivity contribution in [3.8, 4) is 0 Å². The molecule has 1 atom stereocenters. The second-order valence-corrected chi connectivity index (χ2v) is 7.30. The molecule has 118 valence electrons. The summed E-state index contributed by atoms with van der Waals surface area (Å²) in [6.45, 7) is 3.08. The van der Waals surface area contributed by atoms with Crippen molar-refractivity contribution in [2.45, 2.75) is 25.3 Å². The van der Waals surface area contributed by atoms with Crippen LogP contribution in [0, 0.1) is 0 Å². The fourth-order valence-electron chi connectivity index (χ4n) is 2.33. The first-order valence-corrected chi connectivity index (χ1v) is 8.72. The second kappa shape index (κ2) is 7.54. The minimum absolute atomic E-state index is 0.280. The molecule has 2 aromatic rings. The summed E-state index contributed by atoms with van der Waals surface area (Å²) in [6.07, 6.45) is 0. The van der Waals surface area contributed by atoms with Crippen molar-refractivity contribution >= 4 is 10.1 Å². The van der Waals surface area contributed by atoms with Gasteiger partial charge in [0, 0.05) is 19.6 Å². The molecule has 0 radical (unpaired) electrons. The van der Waals surface area contributed by atoms with Crippen LogP contribution in [0.25, 0.3) is 0 Å². The molecule has 0 spiro atoms. The Morgan fingerprint density at radius 3 is 1.68 bits per heavy atom. The van der Waals surface area contributed by atoms with Crippen LogP contribution < -0.4 is 0 Å². The van der Waals surface area contributed by atoms with E-state index >= 15 is 0 Å². The van der Waals surface area contributed by atoms with Crippen LogP contribution in [0.2, 0.25) is 0 Å². The molecule has 0 aromatic heterocycles. The minimum atomic E-state index is -4.02. The van der Waals surface area contributed by atoms with Crippen molar-refractivity contribution in [3.05, 3.63) is 71.8 Å². The summed E-state index contributed by atoms with van der Waals surface area (Å²) in [4.78, 5) is 2.03. The van der Waals surface area contributed by atoms with E-state index in [0.717, 1.165) is 11.1 Å². The number of nitrogens with zero attached hydrogens (tertiary/aromatic N) is 1. The Kier molecular flexibility index (Phi) is 5.71. The molecule has 0 aliphatic heterocycles. The monoisotopic (exact) mass is 319 g/mol. The van der Waals surface area contributed by atoms with E-state index in [1.807, 2.05) is 65.6 Å². The molecule has 0 amide bonds. The molecule has 2 aromatic carbocycles. The zero-order valence-corrected chi connectivity index (χ0v) is 13.4. The molecule has 5 heteroatoms. The Morgan fingerprint density at radius 2 is 1.32 bits per heavy atom. The standard InChI is InChI=1S/C17H21NO3S/c1-15(22(19,20)21)12-18(13-16-8-4-2-5-9-16)14-17-10-6-3-7-11-17/h2-11,15H,12-14H2,1H3,(H,19,20,21). The van der Waals surface area contributed by atoms with Crippen molar-refractivity contribution in [3.63, 3.8) is 0 Å². The average molecular weight is 319 g/mol. The highest BCUT2D eigenvalue weighted by Crippen LogP contribution is 2.12. The van der Waals surface area contributed by atoms with E-state index in [-0.39, 0.29) is 6.54 Å². The molecule has 0 saturated heterocycles. The number of hydrogen-bond donors (Lipinski definition) is 1. The molecule has 0 bridgehead atoms. The Labute approximate surface area is 132 Å². The van der Waals surface area contributed by atoms with Gasteiger partial charge >= 0.3 is 0 Å². The smallest absolute Gasteiger partial charge is 0.268 e. The lowest BCUT2D eigenvalue weighted by Gasteiger charge is -2.24. The van der Waals surface area contributed by atoms with Gasteiger partial charge in [0.05, 0.1) is 5.25 Å². The first kappa shape index (κ1) is 16.7. The van der Waals surface area contributed by atoms with Gasteiger partial charge in [-0.3, -0.25) is 9.45 Å². The van der Waals surface area contributed by atoms with Crippen molar-refractivity contribution in [1.82, 2.24) is 4.90 Å². The van der Waals surface area contributed by atoms with E-state index in [0.29, 0.717) is 13.1 Å². The average Bonchev–Trinajstić information content (AvgIpc) is 2.48. The lowest BCUT2D eigenvalue weighted by atomic mass is 10.1. The zero-order valence-electron chi connectivity index (χ0n) is 12.6. The molecule has 0 aliphatic rings. The Hall–Kier alpha value is -1.69. The highest BCUT2D eigenvalue weighted by molar-refractivity contribution is 7.86. The van der Waals surface area contributed by atoms with Gasteiger partial charge in [0.2, 0.25) is 0 Å². The highest BCUT2D eigenvalue weighted by atomic mass is 32.2. The topological polar surface area (TPSA) is 57.6 Å². The van der Waals surface area contributed by atoms with Crippen LogP contribution in [0.4, 0.5) is 0 Å². The summed E-state index contributed by atoms with van der Waals surface area (Å²) in [5, 5.41) is -0.820. The van der Waals surface area contributed by atoms with E-state index in [1.54, 1.807) is 0 Å². The van der Waals surface area contributed by atoms with E-state index < -0.39 is 15.4 Å². The Bertz CT molecular complexity index is 630. The Balaban J connectivity index is 2.13. The maximum Gasteiger partial charge on any atom is 0.268 e. The number of benzene rings is 2. The van der Waals surface area contributed by atoms with Crippen LogP contribution in [0.5, 0.6) is 0 Å². The zero-order chi connectivity index (χ0) is 16.0. The van der Waals surface area contributed by atoms with Crippen molar-refractivity contribution in [2.24, 2.45) is 0 Å². The summed E-state index contributed by atoms with van der Waals surface area (Å²) in [5.41, 5.74) is 2.22. The van der Waals surface area contributed by atoms with Gasteiger partial charge in [-0.1, -0.05) is 60.7 Å². The molecule has 2 rings (SSSR count). The van der Waals surface area contributed by atoms with Gasteiger partial charge in [0.1, 0.15) is 0 Å². The Morgan fingerprint density at radius 1 is 0.909 bits per heavy atom. The maximum absolute atomic E-state index is 11.3. The summed E-state index contributed by atoms with van der Waals surface area (Å²) in [5.74, 6) is 0. The lowest BCUT2D eigenvalue weighted by Crippen LogP contribution is -2.34. The molecule has 0 heterocycles. The van der Waals surface area contributed by atoms with Gasteiger partial charge in [-0.15, -0.1) is 0 Å². The first-order chi connectivity index (χ1) is 10.4. The summed E-state index contributed by atoms with van der Waals surface area (Å²) >= 11 is 0. The minimum Gasteiger partial charge on any atom is -0.293 e. The summed E-state index contributed by atoms with van der Waals surface area (Å²) in [6, 6.07) is 19.8.